The summed E-state index contributed by atoms with van der Waals surface area (Å²) < 4.78 is 53.7. The molecule has 0 radical (unpaired) electrons. The number of alkyl halides is 4. The van der Waals surface area contributed by atoms with Gasteiger partial charge in [-0.05, 0) is 36.6 Å². The van der Waals surface area contributed by atoms with Crippen molar-refractivity contribution in [2.75, 3.05) is 14.1 Å². The second kappa shape index (κ2) is 7.62. The number of fused-ring (bicyclic) bond motifs is 2. The maximum Gasteiger partial charge on any atom is 0.272 e. The van der Waals surface area contributed by atoms with Gasteiger partial charge in [0.1, 0.15) is 5.60 Å². The van der Waals surface area contributed by atoms with E-state index in [0.29, 0.717) is 28.3 Å². The van der Waals surface area contributed by atoms with E-state index in [1.165, 1.54) is 24.3 Å². The molecule has 4 heterocycles. The lowest BCUT2D eigenvalue weighted by Crippen LogP contribution is -2.55. The Hall–Kier alpha value is -0.960. The van der Waals surface area contributed by atoms with Crippen molar-refractivity contribution in [1.29, 1.82) is 0 Å². The van der Waals surface area contributed by atoms with Gasteiger partial charge < -0.3 is 9.59 Å². The monoisotopic (exact) mass is 448 g/mol. The summed E-state index contributed by atoms with van der Waals surface area (Å²) in [4.78, 5) is 0.625. The molecule has 8 heteroatoms. The van der Waals surface area contributed by atoms with Crippen LogP contribution >= 0.6 is 22.7 Å². The second-order valence-electron chi connectivity index (χ2n) is 8.92. The molecule has 2 aliphatic heterocycles. The molecule has 0 spiro atoms. The van der Waals surface area contributed by atoms with Crippen molar-refractivity contribution in [1.82, 2.24) is 0 Å². The first-order valence-electron chi connectivity index (χ1n) is 9.93. The number of thiophene rings is 2. The topological polar surface area (TPSA) is 20.2 Å². The minimum Gasteiger partial charge on any atom is -0.379 e. The van der Waals surface area contributed by atoms with Crippen LogP contribution in [0, 0.1) is 5.92 Å². The minimum atomic E-state index is -2.61. The molecule has 0 amide bonds. The van der Waals surface area contributed by atoms with Gasteiger partial charge in [-0.3, -0.25) is 0 Å². The number of rotatable bonds is 6. The molecule has 29 heavy (non-hydrogen) atoms. The van der Waals surface area contributed by atoms with Crippen LogP contribution in [0.4, 0.5) is 17.6 Å². The highest BCUT2D eigenvalue weighted by Gasteiger charge is 2.51. The van der Waals surface area contributed by atoms with Gasteiger partial charge in [0.25, 0.3) is 12.9 Å². The summed E-state index contributed by atoms with van der Waals surface area (Å²) in [6.07, 6.45) is -0.585. The van der Waals surface area contributed by atoms with Crippen LogP contribution in [0.2, 0.25) is 0 Å². The largest absolute Gasteiger partial charge is 0.379 e. The first-order chi connectivity index (χ1) is 13.6. The van der Waals surface area contributed by atoms with E-state index in [2.05, 4.69) is 14.1 Å². The van der Waals surface area contributed by atoms with Gasteiger partial charge in [-0.15, -0.1) is 22.7 Å². The van der Waals surface area contributed by atoms with Gasteiger partial charge in [-0.1, -0.05) is 0 Å². The zero-order valence-electron chi connectivity index (χ0n) is 16.5. The lowest BCUT2D eigenvalue weighted by molar-refractivity contribution is -0.931. The molecule has 160 valence electrons. The maximum absolute atomic E-state index is 13.2. The number of hydrogen-bond acceptors (Lipinski definition) is 3. The van der Waals surface area contributed by atoms with Gasteiger partial charge in [-0.2, -0.15) is 0 Å². The molecule has 2 aromatic heterocycles. The molecule has 3 atom stereocenters. The highest BCUT2D eigenvalue weighted by atomic mass is 32.1. The van der Waals surface area contributed by atoms with Crippen molar-refractivity contribution in [3.63, 3.8) is 0 Å². The average Bonchev–Trinajstić information content (AvgIpc) is 3.34. The molecule has 1 N–H and O–H groups in total. The average molecular weight is 449 g/mol. The van der Waals surface area contributed by atoms with E-state index in [1.807, 2.05) is 0 Å². The third kappa shape index (κ3) is 3.77. The van der Waals surface area contributed by atoms with Crippen LogP contribution in [0.15, 0.2) is 24.3 Å². The Balaban J connectivity index is 1.66. The fourth-order valence-electron chi connectivity index (χ4n) is 5.29. The van der Waals surface area contributed by atoms with Gasteiger partial charge in [0.05, 0.1) is 35.9 Å². The van der Waals surface area contributed by atoms with E-state index in [9.17, 15) is 22.7 Å². The molecule has 0 aliphatic carbocycles. The molecule has 2 fully saturated rings. The number of nitrogens with zero attached hydrogens (tertiary/aromatic N) is 1. The summed E-state index contributed by atoms with van der Waals surface area (Å²) in [5.41, 5.74) is -1.51. The highest BCUT2D eigenvalue weighted by Crippen LogP contribution is 2.50. The Labute approximate surface area is 176 Å². The van der Waals surface area contributed by atoms with E-state index in [1.54, 1.807) is 0 Å². The molecule has 2 saturated heterocycles. The number of piperidine rings is 1. The van der Waals surface area contributed by atoms with Crippen LogP contribution < -0.4 is 0 Å². The van der Waals surface area contributed by atoms with E-state index in [-0.39, 0.29) is 15.7 Å². The SMILES string of the molecule is C[N+]1(C)[C@@H]2CC[C@H]1C[C@@H](CC(O)(c1ccc(C(F)F)s1)c1ccc(C(F)F)s1)C2. The van der Waals surface area contributed by atoms with Crippen LogP contribution in [0.3, 0.4) is 0 Å². The molecule has 0 aromatic carbocycles. The molecule has 0 unspecified atom stereocenters. The normalized spacial score (nSPS) is 26.6. The van der Waals surface area contributed by atoms with Crippen molar-refractivity contribution in [3.8, 4) is 0 Å². The third-order valence-corrected chi connectivity index (χ3v) is 9.50. The number of hydrogen-bond donors (Lipinski definition) is 1. The highest BCUT2D eigenvalue weighted by molar-refractivity contribution is 7.13. The predicted molar refractivity (Wildman–Crippen MR) is 108 cm³/mol. The Bertz CT molecular complexity index is 800. The molecule has 2 nitrogen and oxygen atoms in total. The van der Waals surface area contributed by atoms with Gasteiger partial charge >= 0.3 is 0 Å². The molecular weight excluding hydrogens is 422 g/mol. The summed E-state index contributed by atoms with van der Waals surface area (Å²) in [7, 11) is 4.51. The Morgan fingerprint density at radius 2 is 1.38 bits per heavy atom. The Morgan fingerprint density at radius 3 is 1.76 bits per heavy atom. The first-order valence-corrected chi connectivity index (χ1v) is 11.6. The van der Waals surface area contributed by atoms with Gasteiger partial charge in [-0.25, -0.2) is 17.6 Å². The second-order valence-corrected chi connectivity index (χ2v) is 11.2. The lowest BCUT2D eigenvalue weighted by atomic mass is 9.79. The number of aliphatic hydroxyl groups is 1. The van der Waals surface area contributed by atoms with E-state index >= 15 is 0 Å². The molecule has 2 aromatic rings. The molecule has 2 bridgehead atoms. The third-order valence-electron chi connectivity index (χ3n) is 7.01. The molecule has 4 rings (SSSR count). The van der Waals surface area contributed by atoms with Crippen molar-refractivity contribution >= 4 is 22.7 Å². The summed E-state index contributed by atoms with van der Waals surface area (Å²) >= 11 is 1.76. The first kappa shape index (κ1) is 21.3. The summed E-state index contributed by atoms with van der Waals surface area (Å²) in [6.45, 7) is 0. The molecule has 2 aliphatic rings. The van der Waals surface area contributed by atoms with Gasteiger partial charge in [0.2, 0.25) is 0 Å². The van der Waals surface area contributed by atoms with Crippen LogP contribution in [-0.2, 0) is 5.60 Å². The van der Waals surface area contributed by atoms with Gasteiger partial charge in [0.15, 0.2) is 0 Å². The van der Waals surface area contributed by atoms with Crippen LogP contribution in [0.1, 0.15) is 64.5 Å². The van der Waals surface area contributed by atoms with E-state index in [4.69, 9.17) is 0 Å². The van der Waals surface area contributed by atoms with Crippen LogP contribution in [0.5, 0.6) is 0 Å². The lowest BCUT2D eigenvalue weighted by Gasteiger charge is -2.45. The van der Waals surface area contributed by atoms with E-state index in [0.717, 1.165) is 52.8 Å². The van der Waals surface area contributed by atoms with Gasteiger partial charge in [0, 0.05) is 35.4 Å². The quantitative estimate of drug-likeness (QED) is 0.405. The summed E-state index contributed by atoms with van der Waals surface area (Å²) in [5, 5.41) is 11.7. The van der Waals surface area contributed by atoms with Crippen LogP contribution in [0.25, 0.3) is 0 Å². The molecular formula is C21H26F4NOS2+. The zero-order chi connectivity index (χ0) is 21.0. The standard InChI is InChI=1S/C21H26F4NOS2/c1-26(2)13-3-4-14(26)10-12(9-13)11-21(27,17-7-5-15(28-17)19(22)23)18-8-6-16(29-18)20(24)25/h5-8,12-14,19-20,27H,3-4,9-11H2,1-2H3/q+1/t12-,13+,14-. The van der Waals surface area contributed by atoms with Crippen molar-refractivity contribution in [2.24, 2.45) is 5.92 Å². The summed E-state index contributed by atoms with van der Waals surface area (Å²) in [6, 6.07) is 6.80. The zero-order valence-corrected chi connectivity index (χ0v) is 18.1. The Morgan fingerprint density at radius 1 is 0.931 bits per heavy atom. The molecule has 0 saturated carbocycles. The van der Waals surface area contributed by atoms with Crippen molar-refractivity contribution in [3.05, 3.63) is 43.8 Å². The van der Waals surface area contributed by atoms with Crippen molar-refractivity contribution in [2.45, 2.75) is 62.6 Å². The smallest absolute Gasteiger partial charge is 0.272 e. The summed E-state index contributed by atoms with van der Waals surface area (Å²) in [5.74, 6) is 0.234. The van der Waals surface area contributed by atoms with Crippen molar-refractivity contribution < 1.29 is 27.2 Å². The maximum atomic E-state index is 13.2. The number of quaternary nitrogens is 1. The number of halogens is 4. The van der Waals surface area contributed by atoms with Crippen LogP contribution in [-0.4, -0.2) is 35.8 Å². The predicted octanol–water partition coefficient (Wildman–Crippen LogP) is 6.33. The minimum absolute atomic E-state index is 0.106. The van der Waals surface area contributed by atoms with E-state index < -0.39 is 18.5 Å². The Kier molecular flexibility index (Phi) is 5.59. The fourth-order valence-corrected chi connectivity index (χ4v) is 7.30. The fraction of sp³-hybridized carbons (Fsp3) is 0.619.